The fourth-order valence-electron chi connectivity index (χ4n) is 4.43. The van der Waals surface area contributed by atoms with Gasteiger partial charge in [-0.1, -0.05) is 18.7 Å². The topological polar surface area (TPSA) is 111 Å². The summed E-state index contributed by atoms with van der Waals surface area (Å²) >= 11 is 0. The van der Waals surface area contributed by atoms with Gasteiger partial charge in [-0.3, -0.25) is 4.72 Å². The first kappa shape index (κ1) is 27.5. The van der Waals surface area contributed by atoms with E-state index in [0.717, 1.165) is 36.0 Å². The SMILES string of the molecule is C=CCOc1c(C)c(-c2ccc3c(c2)CCCO3)c(C(OC(C)(C)C)C(=O)O)c(C)c1NS(C)(=O)=O. The summed E-state index contributed by atoms with van der Waals surface area (Å²) in [7, 11) is -3.71. The number of anilines is 1. The molecule has 1 atom stereocenters. The van der Waals surface area contributed by atoms with Crippen molar-refractivity contribution >= 4 is 21.7 Å². The highest BCUT2D eigenvalue weighted by Crippen LogP contribution is 2.47. The molecule has 9 heteroatoms. The van der Waals surface area contributed by atoms with Crippen LogP contribution in [0.25, 0.3) is 11.1 Å². The number of aliphatic carboxylic acids is 1. The monoisotopic (exact) mass is 517 g/mol. The molecule has 0 bridgehead atoms. The van der Waals surface area contributed by atoms with E-state index in [1.54, 1.807) is 40.7 Å². The summed E-state index contributed by atoms with van der Waals surface area (Å²) in [5.74, 6) is -0.0642. The van der Waals surface area contributed by atoms with Crippen molar-refractivity contribution in [2.75, 3.05) is 24.2 Å². The van der Waals surface area contributed by atoms with E-state index in [-0.39, 0.29) is 12.3 Å². The van der Waals surface area contributed by atoms with Gasteiger partial charge in [0.15, 0.2) is 6.10 Å². The molecular weight excluding hydrogens is 482 g/mol. The predicted octanol–water partition coefficient (Wildman–Crippen LogP) is 5.17. The minimum absolute atomic E-state index is 0.135. The summed E-state index contributed by atoms with van der Waals surface area (Å²) in [6.45, 7) is 13.3. The smallest absolute Gasteiger partial charge is 0.337 e. The molecule has 2 aromatic carbocycles. The van der Waals surface area contributed by atoms with E-state index in [1.165, 1.54) is 0 Å². The number of sulfonamides is 1. The van der Waals surface area contributed by atoms with Gasteiger partial charge in [-0.05, 0) is 81.8 Å². The molecule has 0 saturated carbocycles. The second-order valence-corrected chi connectivity index (χ2v) is 11.7. The van der Waals surface area contributed by atoms with E-state index in [0.29, 0.717) is 34.6 Å². The fraction of sp³-hybridized carbons (Fsp3) is 0.444. The van der Waals surface area contributed by atoms with Crippen LogP contribution in [0.15, 0.2) is 30.9 Å². The third-order valence-corrected chi connectivity index (χ3v) is 6.35. The van der Waals surface area contributed by atoms with E-state index in [1.807, 2.05) is 18.2 Å². The number of nitrogens with one attached hydrogen (secondary N) is 1. The van der Waals surface area contributed by atoms with Gasteiger partial charge in [-0.25, -0.2) is 13.2 Å². The van der Waals surface area contributed by atoms with Crippen molar-refractivity contribution < 1.29 is 32.5 Å². The van der Waals surface area contributed by atoms with E-state index in [2.05, 4.69) is 11.3 Å². The minimum atomic E-state index is -3.71. The summed E-state index contributed by atoms with van der Waals surface area (Å²) in [6, 6.07) is 5.76. The van der Waals surface area contributed by atoms with Crippen LogP contribution in [0.2, 0.25) is 0 Å². The molecule has 8 nitrogen and oxygen atoms in total. The summed E-state index contributed by atoms with van der Waals surface area (Å²) in [4.78, 5) is 12.6. The maximum absolute atomic E-state index is 12.6. The van der Waals surface area contributed by atoms with Crippen LogP contribution < -0.4 is 14.2 Å². The van der Waals surface area contributed by atoms with Crippen molar-refractivity contribution in [2.24, 2.45) is 0 Å². The van der Waals surface area contributed by atoms with E-state index < -0.39 is 27.7 Å². The molecule has 2 aromatic rings. The molecule has 1 unspecified atom stereocenters. The van der Waals surface area contributed by atoms with Crippen molar-refractivity contribution in [1.82, 2.24) is 0 Å². The average Bonchev–Trinajstić information content (AvgIpc) is 2.77. The Hall–Kier alpha value is -3.04. The maximum atomic E-state index is 12.6. The van der Waals surface area contributed by atoms with E-state index in [9.17, 15) is 18.3 Å². The molecule has 0 saturated heterocycles. The number of carbonyl (C=O) groups is 1. The fourth-order valence-corrected chi connectivity index (χ4v) is 5.05. The summed E-state index contributed by atoms with van der Waals surface area (Å²) in [6.07, 6.45) is 2.96. The molecular formula is C27H35NO7S. The summed E-state index contributed by atoms with van der Waals surface area (Å²) in [5, 5.41) is 10.3. The number of rotatable bonds is 9. The quantitative estimate of drug-likeness (QED) is 0.441. The van der Waals surface area contributed by atoms with Gasteiger partial charge in [0.25, 0.3) is 0 Å². The number of hydrogen-bond donors (Lipinski definition) is 2. The standard InChI is InChI=1S/C27H35NO7S/c1-8-13-34-24-17(3)21(19-11-12-20-18(15-19)10-9-14-33-20)22(16(2)23(24)28-36(7,31)32)25(26(29)30)35-27(4,5)6/h8,11-12,15,25,28H,1,9-10,13-14H2,2-7H3,(H,29,30). The highest BCUT2D eigenvalue weighted by molar-refractivity contribution is 7.92. The zero-order valence-electron chi connectivity index (χ0n) is 21.7. The van der Waals surface area contributed by atoms with Gasteiger partial charge >= 0.3 is 5.97 Å². The van der Waals surface area contributed by atoms with Crippen LogP contribution in [-0.2, 0) is 26.0 Å². The molecule has 0 aromatic heterocycles. The Bertz CT molecular complexity index is 1280. The zero-order chi connectivity index (χ0) is 26.8. The van der Waals surface area contributed by atoms with Crippen molar-refractivity contribution in [2.45, 2.75) is 59.2 Å². The van der Waals surface area contributed by atoms with E-state index in [4.69, 9.17) is 14.2 Å². The summed E-state index contributed by atoms with van der Waals surface area (Å²) in [5.41, 5.74) is 3.17. The Balaban J connectivity index is 2.43. The van der Waals surface area contributed by atoms with Crippen LogP contribution >= 0.6 is 0 Å². The number of carboxylic acid groups (broad SMARTS) is 1. The molecule has 0 radical (unpaired) electrons. The predicted molar refractivity (Wildman–Crippen MR) is 141 cm³/mol. The van der Waals surface area contributed by atoms with Crippen molar-refractivity contribution in [3.63, 3.8) is 0 Å². The lowest BCUT2D eigenvalue weighted by Gasteiger charge is -2.31. The van der Waals surface area contributed by atoms with Gasteiger partial charge in [0.05, 0.1) is 24.2 Å². The second-order valence-electron chi connectivity index (χ2n) is 9.94. The number of aryl methyl sites for hydroxylation is 1. The van der Waals surface area contributed by atoms with Crippen LogP contribution in [-0.4, -0.2) is 44.6 Å². The Morgan fingerprint density at radius 2 is 1.97 bits per heavy atom. The minimum Gasteiger partial charge on any atom is -0.493 e. The van der Waals surface area contributed by atoms with Gasteiger partial charge in [-0.15, -0.1) is 0 Å². The number of benzene rings is 2. The number of fused-ring (bicyclic) bond motifs is 1. The molecule has 0 aliphatic carbocycles. The molecule has 0 fully saturated rings. The third kappa shape index (κ3) is 6.20. The lowest BCUT2D eigenvalue weighted by molar-refractivity contribution is -0.160. The van der Waals surface area contributed by atoms with Gasteiger partial charge in [0.2, 0.25) is 10.0 Å². The first-order valence-corrected chi connectivity index (χ1v) is 13.7. The normalized spacial score (nSPS) is 14.4. The molecule has 0 spiro atoms. The second kappa shape index (κ2) is 10.5. The summed E-state index contributed by atoms with van der Waals surface area (Å²) < 4.78 is 44.9. The highest BCUT2D eigenvalue weighted by atomic mass is 32.2. The van der Waals surface area contributed by atoms with Gasteiger partial charge in [0, 0.05) is 11.1 Å². The van der Waals surface area contributed by atoms with Crippen LogP contribution in [0, 0.1) is 13.8 Å². The number of carboxylic acids is 1. The van der Waals surface area contributed by atoms with Crippen molar-refractivity contribution in [3.8, 4) is 22.6 Å². The number of hydrogen-bond acceptors (Lipinski definition) is 6. The molecule has 1 aliphatic heterocycles. The molecule has 1 heterocycles. The Kier molecular flexibility index (Phi) is 8.05. The van der Waals surface area contributed by atoms with Crippen molar-refractivity contribution in [1.29, 1.82) is 0 Å². The first-order chi connectivity index (χ1) is 16.7. The van der Waals surface area contributed by atoms with Gasteiger partial charge < -0.3 is 19.3 Å². The molecule has 3 rings (SSSR count). The Morgan fingerprint density at radius 3 is 2.56 bits per heavy atom. The van der Waals surface area contributed by atoms with E-state index >= 15 is 0 Å². The Morgan fingerprint density at radius 1 is 1.28 bits per heavy atom. The molecule has 0 amide bonds. The highest BCUT2D eigenvalue weighted by Gasteiger charge is 2.35. The first-order valence-electron chi connectivity index (χ1n) is 11.8. The Labute approximate surface area is 213 Å². The molecule has 36 heavy (non-hydrogen) atoms. The molecule has 1 aliphatic rings. The van der Waals surface area contributed by atoms with Gasteiger partial charge in [-0.2, -0.15) is 0 Å². The lowest BCUT2D eigenvalue weighted by atomic mass is 9.85. The third-order valence-electron chi connectivity index (χ3n) is 5.78. The van der Waals surface area contributed by atoms with Crippen LogP contribution in [0.4, 0.5) is 5.69 Å². The molecule has 2 N–H and O–H groups in total. The average molecular weight is 518 g/mol. The lowest BCUT2D eigenvalue weighted by Crippen LogP contribution is -2.29. The largest absolute Gasteiger partial charge is 0.493 e. The van der Waals surface area contributed by atoms with Crippen LogP contribution in [0.1, 0.15) is 55.5 Å². The van der Waals surface area contributed by atoms with Crippen molar-refractivity contribution in [3.05, 3.63) is 53.1 Å². The number of ether oxygens (including phenoxy) is 3. The zero-order valence-corrected chi connectivity index (χ0v) is 22.5. The van der Waals surface area contributed by atoms with Crippen LogP contribution in [0.5, 0.6) is 11.5 Å². The molecule has 196 valence electrons. The van der Waals surface area contributed by atoms with Gasteiger partial charge in [0.1, 0.15) is 18.1 Å². The maximum Gasteiger partial charge on any atom is 0.337 e. The van der Waals surface area contributed by atoms with Crippen LogP contribution in [0.3, 0.4) is 0 Å².